The zero-order valence-corrected chi connectivity index (χ0v) is 33.0. The minimum absolute atomic E-state index is 0.100. The number of hydrogen-bond acceptors (Lipinski definition) is 6. The number of benzene rings is 3. The van der Waals surface area contributed by atoms with E-state index in [1.165, 1.54) is 7.05 Å². The highest BCUT2D eigenvalue weighted by Gasteiger charge is 2.39. The lowest BCUT2D eigenvalue weighted by molar-refractivity contribution is -0.138. The Balaban J connectivity index is 1.02. The highest BCUT2D eigenvalue weighted by Crippen LogP contribution is 2.37. The number of amides is 3. The summed E-state index contributed by atoms with van der Waals surface area (Å²) in [5, 5.41) is 9.54. The second kappa shape index (κ2) is 17.4. The minimum atomic E-state index is -1.15. The SMILES string of the molecule is C=CC[C@@H](C(=O)N1CCC[C@H]1c1ncc(-c2ccc(-c3ccc(-c4cnc([C@@H]5CCCN5C(=O)[C@@H](c5ccccc5)N(CC)CC)[nH]4)cc3)cc2)[nH]1)N(C)C(=O)O. The van der Waals surface area contributed by atoms with Gasteiger partial charge in [0.05, 0.1) is 35.9 Å². The Morgan fingerprint density at radius 2 is 1.25 bits per heavy atom. The Hall–Kier alpha value is -6.01. The van der Waals surface area contributed by atoms with Crippen molar-refractivity contribution in [3.8, 4) is 33.6 Å². The van der Waals surface area contributed by atoms with Crippen LogP contribution in [0.15, 0.2) is 104 Å². The molecule has 5 aromatic rings. The van der Waals surface area contributed by atoms with Gasteiger partial charge in [0.1, 0.15) is 23.7 Å². The van der Waals surface area contributed by atoms with E-state index in [1.54, 1.807) is 17.2 Å². The van der Waals surface area contributed by atoms with Crippen LogP contribution in [0.2, 0.25) is 0 Å². The molecule has 2 saturated heterocycles. The van der Waals surface area contributed by atoms with Crippen molar-refractivity contribution in [2.45, 2.75) is 70.1 Å². The van der Waals surface area contributed by atoms with Gasteiger partial charge in [-0.2, -0.15) is 0 Å². The van der Waals surface area contributed by atoms with Gasteiger partial charge in [0, 0.05) is 20.1 Å². The van der Waals surface area contributed by atoms with Crippen LogP contribution in [0.1, 0.15) is 81.3 Å². The van der Waals surface area contributed by atoms with Crippen molar-refractivity contribution in [3.05, 3.63) is 121 Å². The van der Waals surface area contributed by atoms with Crippen LogP contribution in [0.4, 0.5) is 4.79 Å². The van der Waals surface area contributed by atoms with Gasteiger partial charge in [0.15, 0.2) is 0 Å². The summed E-state index contributed by atoms with van der Waals surface area (Å²) in [4.78, 5) is 62.9. The van der Waals surface area contributed by atoms with Crippen molar-refractivity contribution in [2.24, 2.45) is 0 Å². The number of likely N-dealkylation sites (tertiary alicyclic amines) is 2. The van der Waals surface area contributed by atoms with Crippen molar-refractivity contribution in [1.29, 1.82) is 0 Å². The number of hydrogen-bond donors (Lipinski definition) is 3. The molecule has 0 radical (unpaired) electrons. The molecule has 2 aliphatic heterocycles. The molecule has 4 heterocycles. The molecule has 296 valence electrons. The molecule has 7 rings (SSSR count). The summed E-state index contributed by atoms with van der Waals surface area (Å²) in [6.07, 6.45) is 7.69. The monoisotopic (exact) mass is 768 g/mol. The van der Waals surface area contributed by atoms with Crippen molar-refractivity contribution in [3.63, 3.8) is 0 Å². The van der Waals surface area contributed by atoms with Gasteiger partial charge >= 0.3 is 6.09 Å². The number of rotatable bonds is 14. The Bertz CT molecular complexity index is 2160. The number of H-pyrrole nitrogens is 2. The first kappa shape index (κ1) is 39.2. The molecule has 3 N–H and O–H groups in total. The smallest absolute Gasteiger partial charge is 0.407 e. The first-order valence-electron chi connectivity index (χ1n) is 20.0. The van der Waals surface area contributed by atoms with E-state index in [9.17, 15) is 19.5 Å². The summed E-state index contributed by atoms with van der Waals surface area (Å²) < 4.78 is 0. The third-order valence-corrected chi connectivity index (χ3v) is 11.6. The summed E-state index contributed by atoms with van der Waals surface area (Å²) in [6.45, 7) is 10.8. The van der Waals surface area contributed by atoms with Crippen LogP contribution >= 0.6 is 0 Å². The lowest BCUT2D eigenvalue weighted by Crippen LogP contribution is -2.48. The maximum Gasteiger partial charge on any atom is 0.407 e. The van der Waals surface area contributed by atoms with Gasteiger partial charge < -0.3 is 24.9 Å². The lowest BCUT2D eigenvalue weighted by atomic mass is 10.0. The molecule has 0 bridgehead atoms. The summed E-state index contributed by atoms with van der Waals surface area (Å²) in [6, 6.07) is 25.2. The highest BCUT2D eigenvalue weighted by molar-refractivity contribution is 5.86. The number of carboxylic acid groups (broad SMARTS) is 1. The predicted molar refractivity (Wildman–Crippen MR) is 221 cm³/mol. The molecule has 2 aliphatic rings. The van der Waals surface area contributed by atoms with E-state index in [4.69, 9.17) is 4.98 Å². The van der Waals surface area contributed by atoms with Gasteiger partial charge in [0.2, 0.25) is 11.8 Å². The standard InChI is InChI=1S/C45H52N8O4/c1-5-13-39(50(4)45(56)57)43(54)52-26-11-16-37(52)41-46-28-35(48-41)32-22-18-30(19-23-32)31-20-24-33(25-21-31)36-29-47-42(49-36)38-17-12-27-53(38)44(55)40(51(6-2)7-3)34-14-9-8-10-15-34/h5,8-10,14-15,18-25,28-29,37-40H,1,6-7,11-13,16-17,26-27H2,2-4H3,(H,46,48)(H,47,49)(H,56,57)/t37-,38-,39-,40+/m0/s1. The number of aromatic amines is 2. The van der Waals surface area contributed by atoms with Crippen LogP contribution < -0.4 is 0 Å². The summed E-state index contributed by atoms with van der Waals surface area (Å²) in [5.41, 5.74) is 6.91. The Morgan fingerprint density at radius 3 is 1.70 bits per heavy atom. The van der Waals surface area contributed by atoms with E-state index in [0.29, 0.717) is 18.9 Å². The number of aromatic nitrogens is 4. The van der Waals surface area contributed by atoms with Crippen LogP contribution in [-0.4, -0.2) is 102 Å². The van der Waals surface area contributed by atoms with Gasteiger partial charge in [-0.15, -0.1) is 6.58 Å². The molecular formula is C45H52N8O4. The molecule has 12 nitrogen and oxygen atoms in total. The average molecular weight is 769 g/mol. The Kier molecular flexibility index (Phi) is 12.0. The van der Waals surface area contributed by atoms with Crippen LogP contribution in [0.25, 0.3) is 33.6 Å². The zero-order valence-electron chi connectivity index (χ0n) is 33.0. The maximum atomic E-state index is 14.2. The number of likely N-dealkylation sites (N-methyl/N-ethyl adjacent to an activating group) is 2. The van der Waals surface area contributed by atoms with E-state index in [2.05, 4.69) is 88.8 Å². The summed E-state index contributed by atoms with van der Waals surface area (Å²) in [5.74, 6) is 1.40. The molecule has 0 unspecified atom stereocenters. The molecule has 4 atom stereocenters. The maximum absolute atomic E-state index is 14.2. The van der Waals surface area contributed by atoms with Gasteiger partial charge in [0.25, 0.3) is 0 Å². The van der Waals surface area contributed by atoms with E-state index in [-0.39, 0.29) is 36.4 Å². The second-order valence-corrected chi connectivity index (χ2v) is 14.9. The number of nitrogens with zero attached hydrogens (tertiary/aromatic N) is 6. The second-order valence-electron chi connectivity index (χ2n) is 14.9. The number of imidazole rings is 2. The third-order valence-electron chi connectivity index (χ3n) is 11.6. The molecule has 3 amide bonds. The van der Waals surface area contributed by atoms with Gasteiger partial charge in [-0.3, -0.25) is 19.4 Å². The molecule has 57 heavy (non-hydrogen) atoms. The van der Waals surface area contributed by atoms with Crippen molar-refractivity contribution in [1.82, 2.24) is 39.5 Å². The summed E-state index contributed by atoms with van der Waals surface area (Å²) >= 11 is 0. The largest absolute Gasteiger partial charge is 0.465 e. The van der Waals surface area contributed by atoms with Gasteiger partial charge in [-0.05, 0) is 73.0 Å². The highest BCUT2D eigenvalue weighted by atomic mass is 16.4. The summed E-state index contributed by atoms with van der Waals surface area (Å²) in [7, 11) is 1.42. The fourth-order valence-corrected chi connectivity index (χ4v) is 8.42. The molecular weight excluding hydrogens is 717 g/mol. The van der Waals surface area contributed by atoms with Crippen molar-refractivity contribution in [2.75, 3.05) is 33.2 Å². The lowest BCUT2D eigenvalue weighted by Gasteiger charge is -2.34. The first-order valence-corrected chi connectivity index (χ1v) is 20.0. The van der Waals surface area contributed by atoms with Crippen LogP contribution in [0.5, 0.6) is 0 Å². The van der Waals surface area contributed by atoms with Crippen LogP contribution in [0, 0.1) is 0 Å². The molecule has 3 aromatic carbocycles. The van der Waals surface area contributed by atoms with Gasteiger partial charge in [-0.25, -0.2) is 14.8 Å². The van der Waals surface area contributed by atoms with E-state index >= 15 is 0 Å². The minimum Gasteiger partial charge on any atom is -0.465 e. The van der Waals surface area contributed by atoms with E-state index < -0.39 is 12.1 Å². The van der Waals surface area contributed by atoms with E-state index in [1.807, 2.05) is 41.4 Å². The topological polar surface area (TPSA) is 142 Å². The van der Waals surface area contributed by atoms with E-state index in [0.717, 1.165) is 88.7 Å². The molecule has 2 aromatic heterocycles. The first-order chi connectivity index (χ1) is 27.7. The molecule has 2 fully saturated rings. The molecule has 0 saturated carbocycles. The normalized spacial score (nSPS) is 17.8. The number of carbonyl (C=O) groups excluding carboxylic acids is 2. The Labute approximate surface area is 334 Å². The average Bonchev–Trinajstić information content (AvgIpc) is 4.09. The van der Waals surface area contributed by atoms with Crippen molar-refractivity contribution >= 4 is 17.9 Å². The predicted octanol–water partition coefficient (Wildman–Crippen LogP) is 8.10. The zero-order chi connectivity index (χ0) is 40.1. The molecule has 0 spiro atoms. The molecule has 12 heteroatoms. The number of carbonyl (C=O) groups is 3. The van der Waals surface area contributed by atoms with Crippen LogP contribution in [0.3, 0.4) is 0 Å². The van der Waals surface area contributed by atoms with Gasteiger partial charge in [-0.1, -0.05) is 98.8 Å². The number of nitrogens with one attached hydrogen (secondary N) is 2. The van der Waals surface area contributed by atoms with Crippen LogP contribution in [-0.2, 0) is 9.59 Å². The fourth-order valence-electron chi connectivity index (χ4n) is 8.42. The Morgan fingerprint density at radius 1 is 0.772 bits per heavy atom. The fraction of sp³-hybridized carbons (Fsp3) is 0.356. The molecule has 0 aliphatic carbocycles. The quantitative estimate of drug-likeness (QED) is 0.0970. The van der Waals surface area contributed by atoms with Crippen molar-refractivity contribution < 1.29 is 19.5 Å². The third kappa shape index (κ3) is 8.13.